The van der Waals surface area contributed by atoms with Gasteiger partial charge in [0, 0.05) is 20.2 Å². The maximum atomic E-state index is 12.3. The Hall–Kier alpha value is -3.18. The molecule has 0 aliphatic rings. The summed E-state index contributed by atoms with van der Waals surface area (Å²) in [5, 5.41) is 11.2. The Labute approximate surface area is 168 Å². The molecule has 0 aromatic heterocycles. The molecule has 1 N–H and O–H groups in total. The summed E-state index contributed by atoms with van der Waals surface area (Å²) in [6.45, 7) is -0.559. The van der Waals surface area contributed by atoms with Crippen LogP contribution in [0.4, 0.5) is 11.4 Å². The normalized spacial score (nSPS) is 11.0. The molecule has 0 aliphatic heterocycles. The number of carbonyl (C=O) groups is 1. The van der Waals surface area contributed by atoms with Crippen LogP contribution in [0.1, 0.15) is 0 Å². The van der Waals surface area contributed by atoms with Crippen molar-refractivity contribution < 1.29 is 27.6 Å². The molecular formula is C18H21N3O7S. The van der Waals surface area contributed by atoms with Crippen LogP contribution in [0.25, 0.3) is 0 Å². The molecule has 2 aromatic carbocycles. The molecule has 0 aliphatic carbocycles. The summed E-state index contributed by atoms with van der Waals surface area (Å²) in [6.07, 6.45) is 0. The summed E-state index contributed by atoms with van der Waals surface area (Å²) in [7, 11) is -0.926. The van der Waals surface area contributed by atoms with E-state index in [-0.39, 0.29) is 29.5 Å². The fourth-order valence-corrected chi connectivity index (χ4v) is 3.30. The van der Waals surface area contributed by atoms with E-state index in [1.807, 2.05) is 6.07 Å². The molecule has 156 valence electrons. The van der Waals surface area contributed by atoms with E-state index in [9.17, 15) is 23.3 Å². The van der Waals surface area contributed by atoms with Gasteiger partial charge in [0.2, 0.25) is 10.0 Å². The Kier molecular flexibility index (Phi) is 7.51. The Morgan fingerprint density at radius 2 is 1.83 bits per heavy atom. The first-order valence-corrected chi connectivity index (χ1v) is 9.98. The molecule has 11 heteroatoms. The van der Waals surface area contributed by atoms with E-state index in [2.05, 4.69) is 4.72 Å². The van der Waals surface area contributed by atoms with Gasteiger partial charge >= 0.3 is 5.97 Å². The van der Waals surface area contributed by atoms with Crippen LogP contribution in [0.2, 0.25) is 0 Å². The van der Waals surface area contributed by atoms with Crippen molar-refractivity contribution in [2.24, 2.45) is 0 Å². The Morgan fingerprint density at radius 1 is 1.14 bits per heavy atom. The number of hydrogen-bond acceptors (Lipinski definition) is 8. The van der Waals surface area contributed by atoms with Gasteiger partial charge in [0.15, 0.2) is 0 Å². The van der Waals surface area contributed by atoms with E-state index < -0.39 is 27.5 Å². The fraction of sp³-hybridized carbons (Fsp3) is 0.278. The first-order chi connectivity index (χ1) is 13.7. The lowest BCUT2D eigenvalue weighted by atomic mass is 10.2. The zero-order chi connectivity index (χ0) is 21.4. The van der Waals surface area contributed by atoms with Crippen molar-refractivity contribution >= 4 is 27.4 Å². The number of nitrogens with zero attached hydrogens (tertiary/aromatic N) is 2. The third-order valence-electron chi connectivity index (χ3n) is 3.70. The maximum Gasteiger partial charge on any atom is 0.321 e. The van der Waals surface area contributed by atoms with Crippen molar-refractivity contribution in [2.75, 3.05) is 38.8 Å². The molecule has 0 unspecified atom stereocenters. The lowest BCUT2D eigenvalue weighted by Crippen LogP contribution is -2.31. The van der Waals surface area contributed by atoms with Gasteiger partial charge in [-0.2, -0.15) is 4.72 Å². The van der Waals surface area contributed by atoms with Gasteiger partial charge in [0.25, 0.3) is 5.69 Å². The first kappa shape index (κ1) is 22.1. The molecule has 0 spiro atoms. The smallest absolute Gasteiger partial charge is 0.321 e. The quantitative estimate of drug-likeness (QED) is 0.264. The van der Waals surface area contributed by atoms with E-state index in [0.29, 0.717) is 5.75 Å². The molecule has 0 saturated carbocycles. The van der Waals surface area contributed by atoms with Gasteiger partial charge in [0.1, 0.15) is 31.2 Å². The van der Waals surface area contributed by atoms with Crippen molar-refractivity contribution in [1.82, 2.24) is 4.72 Å². The lowest BCUT2D eigenvalue weighted by molar-refractivity contribution is -0.384. The van der Waals surface area contributed by atoms with Gasteiger partial charge in [-0.3, -0.25) is 14.9 Å². The second-order valence-electron chi connectivity index (χ2n) is 6.01. The highest BCUT2D eigenvalue weighted by Crippen LogP contribution is 2.29. The van der Waals surface area contributed by atoms with Crippen LogP contribution in [-0.4, -0.2) is 53.2 Å². The number of para-hydroxylation sites is 1. The molecule has 10 nitrogen and oxygen atoms in total. The number of anilines is 1. The molecular weight excluding hydrogens is 402 g/mol. The minimum atomic E-state index is -4.13. The summed E-state index contributed by atoms with van der Waals surface area (Å²) >= 11 is 0. The SMILES string of the molecule is CN(C)c1ccc(S(=O)(=O)NCC(=O)OCCOc2ccccc2)cc1[N+](=O)[O-]. The maximum absolute atomic E-state index is 12.3. The number of nitro groups is 1. The number of esters is 1. The van der Waals surface area contributed by atoms with Gasteiger partial charge < -0.3 is 14.4 Å². The number of nitro benzene ring substituents is 1. The first-order valence-electron chi connectivity index (χ1n) is 8.49. The van der Waals surface area contributed by atoms with Crippen molar-refractivity contribution in [3.63, 3.8) is 0 Å². The molecule has 2 aromatic rings. The highest BCUT2D eigenvalue weighted by Gasteiger charge is 2.23. The van der Waals surface area contributed by atoms with E-state index in [1.165, 1.54) is 17.0 Å². The van der Waals surface area contributed by atoms with Gasteiger partial charge in [-0.15, -0.1) is 0 Å². The molecule has 0 heterocycles. The predicted molar refractivity (Wildman–Crippen MR) is 106 cm³/mol. The summed E-state index contributed by atoms with van der Waals surface area (Å²) in [6, 6.07) is 12.4. The molecule has 0 saturated heterocycles. The number of ether oxygens (including phenoxy) is 2. The number of benzene rings is 2. The van der Waals surface area contributed by atoms with E-state index in [4.69, 9.17) is 9.47 Å². The minimum absolute atomic E-state index is 0.0571. The Bertz CT molecular complexity index is 963. The summed E-state index contributed by atoms with van der Waals surface area (Å²) in [5.74, 6) is -0.184. The zero-order valence-electron chi connectivity index (χ0n) is 15.9. The zero-order valence-corrected chi connectivity index (χ0v) is 16.7. The molecule has 2 rings (SSSR count). The second-order valence-corrected chi connectivity index (χ2v) is 7.78. The number of nitrogens with one attached hydrogen (secondary N) is 1. The van der Waals surface area contributed by atoms with Crippen LogP contribution in [0.15, 0.2) is 53.4 Å². The molecule has 29 heavy (non-hydrogen) atoms. The van der Waals surface area contributed by atoms with Gasteiger partial charge in [0.05, 0.1) is 9.82 Å². The summed E-state index contributed by atoms with van der Waals surface area (Å²) < 4.78 is 37.0. The van der Waals surface area contributed by atoms with Crippen LogP contribution in [0.5, 0.6) is 5.75 Å². The number of sulfonamides is 1. The average molecular weight is 423 g/mol. The average Bonchev–Trinajstić information content (AvgIpc) is 2.70. The molecule has 0 amide bonds. The number of hydrogen-bond donors (Lipinski definition) is 1. The standard InChI is InChI=1S/C18H21N3O7S/c1-20(2)16-9-8-15(12-17(16)21(23)24)29(25,26)19-13-18(22)28-11-10-27-14-6-4-3-5-7-14/h3-9,12,19H,10-11,13H2,1-2H3. The van der Waals surface area contributed by atoms with E-state index in [0.717, 1.165) is 6.07 Å². The topological polar surface area (TPSA) is 128 Å². The van der Waals surface area contributed by atoms with E-state index in [1.54, 1.807) is 38.4 Å². The van der Waals surface area contributed by atoms with Crippen LogP contribution < -0.4 is 14.4 Å². The third-order valence-corrected chi connectivity index (χ3v) is 5.10. The molecule has 0 atom stereocenters. The minimum Gasteiger partial charge on any atom is -0.490 e. The molecule has 0 radical (unpaired) electrons. The molecule has 0 fully saturated rings. The predicted octanol–water partition coefficient (Wildman–Crippen LogP) is 1.56. The van der Waals surface area contributed by atoms with Crippen molar-refractivity contribution in [3.8, 4) is 5.75 Å². The third kappa shape index (κ3) is 6.43. The van der Waals surface area contributed by atoms with Crippen molar-refractivity contribution in [1.29, 1.82) is 0 Å². The Morgan fingerprint density at radius 3 is 2.45 bits per heavy atom. The monoisotopic (exact) mass is 423 g/mol. The van der Waals surface area contributed by atoms with Crippen LogP contribution in [0, 0.1) is 10.1 Å². The van der Waals surface area contributed by atoms with Crippen molar-refractivity contribution in [3.05, 3.63) is 58.6 Å². The van der Waals surface area contributed by atoms with Gasteiger partial charge in [-0.05, 0) is 24.3 Å². The van der Waals surface area contributed by atoms with Crippen LogP contribution in [-0.2, 0) is 19.6 Å². The Balaban J connectivity index is 1.89. The highest BCUT2D eigenvalue weighted by atomic mass is 32.2. The van der Waals surface area contributed by atoms with Gasteiger partial charge in [-0.1, -0.05) is 18.2 Å². The van der Waals surface area contributed by atoms with E-state index >= 15 is 0 Å². The summed E-state index contributed by atoms with van der Waals surface area (Å²) in [5.41, 5.74) is -0.106. The lowest BCUT2D eigenvalue weighted by Gasteiger charge is -2.14. The van der Waals surface area contributed by atoms with Crippen LogP contribution in [0.3, 0.4) is 0 Å². The highest BCUT2D eigenvalue weighted by molar-refractivity contribution is 7.89. The number of rotatable bonds is 10. The second kappa shape index (κ2) is 9.85. The molecule has 0 bridgehead atoms. The summed E-state index contributed by atoms with van der Waals surface area (Å²) in [4.78, 5) is 23.4. The van der Waals surface area contributed by atoms with Crippen LogP contribution >= 0.6 is 0 Å². The number of carbonyl (C=O) groups excluding carboxylic acids is 1. The van der Waals surface area contributed by atoms with Crippen molar-refractivity contribution in [2.45, 2.75) is 4.90 Å². The van der Waals surface area contributed by atoms with Gasteiger partial charge in [-0.25, -0.2) is 8.42 Å². The largest absolute Gasteiger partial charge is 0.490 e. The fourth-order valence-electron chi connectivity index (χ4n) is 2.31.